The summed E-state index contributed by atoms with van der Waals surface area (Å²) in [6, 6.07) is 21.1. The maximum absolute atomic E-state index is 12.9. The molecule has 0 bridgehead atoms. The molecule has 0 aromatic heterocycles. The molecule has 3 aromatic carbocycles. The summed E-state index contributed by atoms with van der Waals surface area (Å²) in [5, 5.41) is 0.629. The molecule has 0 saturated carbocycles. The fourth-order valence-corrected chi connectivity index (χ4v) is 4.09. The number of amidine groups is 1. The maximum Gasteiger partial charge on any atom is 0.253 e. The molecule has 1 saturated heterocycles. The molecule has 1 amide bonds. The van der Waals surface area contributed by atoms with Crippen LogP contribution >= 0.6 is 11.6 Å². The van der Waals surface area contributed by atoms with E-state index in [4.69, 9.17) is 21.3 Å². The minimum atomic E-state index is 0.0312. The number of nitrogens with zero attached hydrogens (tertiary/aromatic N) is 3. The molecule has 2 heterocycles. The van der Waals surface area contributed by atoms with Crippen LogP contribution in [-0.4, -0.2) is 47.7 Å². The van der Waals surface area contributed by atoms with Crippen LogP contribution < -0.4 is 4.74 Å². The van der Waals surface area contributed by atoms with Gasteiger partial charge in [0.15, 0.2) is 5.75 Å². The Labute approximate surface area is 186 Å². The van der Waals surface area contributed by atoms with Crippen LogP contribution in [0.5, 0.6) is 11.5 Å². The number of carbonyl (C=O) groups excluding carboxylic acids is 1. The molecule has 0 spiro atoms. The molecule has 2 aliphatic heterocycles. The van der Waals surface area contributed by atoms with Gasteiger partial charge in [0, 0.05) is 36.8 Å². The van der Waals surface area contributed by atoms with Crippen molar-refractivity contribution in [1.82, 2.24) is 9.80 Å². The predicted molar refractivity (Wildman–Crippen MR) is 123 cm³/mol. The lowest BCUT2D eigenvalue weighted by Gasteiger charge is -2.36. The number of aryl methyl sites for hydroxylation is 1. The SMILES string of the molecule is Cc1ccc2c(c1)Oc1ccccc1C(N1CCN(C(=O)c3ccc(Cl)cc3)CC1)=N2. The monoisotopic (exact) mass is 431 g/mol. The number of amides is 1. The number of aliphatic imine (C=N–C) groups is 1. The van der Waals surface area contributed by atoms with E-state index in [1.165, 1.54) is 0 Å². The molecule has 5 rings (SSSR count). The lowest BCUT2D eigenvalue weighted by molar-refractivity contribution is 0.0692. The molecule has 0 unspecified atom stereocenters. The van der Waals surface area contributed by atoms with E-state index in [1.807, 2.05) is 54.3 Å². The summed E-state index contributed by atoms with van der Waals surface area (Å²) in [5.74, 6) is 2.48. The summed E-state index contributed by atoms with van der Waals surface area (Å²) >= 11 is 5.95. The summed E-state index contributed by atoms with van der Waals surface area (Å²) < 4.78 is 6.21. The van der Waals surface area contributed by atoms with Crippen molar-refractivity contribution >= 4 is 29.0 Å². The van der Waals surface area contributed by atoms with Gasteiger partial charge in [-0.1, -0.05) is 29.8 Å². The van der Waals surface area contributed by atoms with Crippen LogP contribution in [0.25, 0.3) is 0 Å². The number of ether oxygens (including phenoxy) is 1. The van der Waals surface area contributed by atoms with Crippen molar-refractivity contribution in [2.45, 2.75) is 6.92 Å². The van der Waals surface area contributed by atoms with Crippen LogP contribution in [0, 0.1) is 6.92 Å². The van der Waals surface area contributed by atoms with E-state index < -0.39 is 0 Å². The molecule has 5 nitrogen and oxygen atoms in total. The quantitative estimate of drug-likeness (QED) is 0.525. The number of para-hydroxylation sites is 1. The van der Waals surface area contributed by atoms with Crippen LogP contribution in [0.4, 0.5) is 5.69 Å². The van der Waals surface area contributed by atoms with Crippen LogP contribution in [-0.2, 0) is 0 Å². The van der Waals surface area contributed by atoms with Gasteiger partial charge in [0.25, 0.3) is 5.91 Å². The van der Waals surface area contributed by atoms with Crippen molar-refractivity contribution in [1.29, 1.82) is 0 Å². The Balaban J connectivity index is 1.40. The summed E-state index contributed by atoms with van der Waals surface area (Å²) in [4.78, 5) is 22.0. The summed E-state index contributed by atoms with van der Waals surface area (Å²) in [5.41, 5.74) is 3.57. The fraction of sp³-hybridized carbons (Fsp3) is 0.200. The third-order valence-corrected chi connectivity index (χ3v) is 5.90. The first-order valence-corrected chi connectivity index (χ1v) is 10.7. The van der Waals surface area contributed by atoms with Gasteiger partial charge in [-0.25, -0.2) is 4.99 Å². The second-order valence-electron chi connectivity index (χ2n) is 7.79. The molecule has 0 aliphatic carbocycles. The smallest absolute Gasteiger partial charge is 0.253 e. The van der Waals surface area contributed by atoms with Gasteiger partial charge in [0.1, 0.15) is 17.3 Å². The lowest BCUT2D eigenvalue weighted by Crippen LogP contribution is -2.50. The van der Waals surface area contributed by atoms with Gasteiger partial charge in [-0.15, -0.1) is 0 Å². The standard InChI is InChI=1S/C25H22ClN3O2/c1-17-6-11-21-23(16-17)31-22-5-3-2-4-20(22)24(27-21)28-12-14-29(15-13-28)25(30)18-7-9-19(26)10-8-18/h2-11,16H,12-15H2,1H3. The van der Waals surface area contributed by atoms with Gasteiger partial charge in [-0.3, -0.25) is 4.79 Å². The average Bonchev–Trinajstić information content (AvgIpc) is 2.95. The minimum Gasteiger partial charge on any atom is -0.454 e. The Hall–Kier alpha value is -3.31. The Morgan fingerprint density at radius 1 is 0.935 bits per heavy atom. The van der Waals surface area contributed by atoms with Gasteiger partial charge < -0.3 is 14.5 Å². The Kier molecular flexibility index (Phi) is 5.12. The highest BCUT2D eigenvalue weighted by molar-refractivity contribution is 6.30. The maximum atomic E-state index is 12.9. The molecule has 0 radical (unpaired) electrons. The first-order chi connectivity index (χ1) is 15.1. The molecule has 0 atom stereocenters. The number of halogens is 1. The van der Waals surface area contributed by atoms with Gasteiger partial charge in [-0.05, 0) is 61.0 Å². The third-order valence-electron chi connectivity index (χ3n) is 5.65. The Morgan fingerprint density at radius 2 is 1.68 bits per heavy atom. The number of hydrogen-bond acceptors (Lipinski definition) is 4. The van der Waals surface area contributed by atoms with Gasteiger partial charge in [0.05, 0.1) is 5.56 Å². The molecule has 156 valence electrons. The first kappa shape index (κ1) is 19.6. The number of hydrogen-bond donors (Lipinski definition) is 0. The van der Waals surface area contributed by atoms with E-state index in [9.17, 15) is 4.79 Å². The van der Waals surface area contributed by atoms with Crippen molar-refractivity contribution in [3.63, 3.8) is 0 Å². The number of rotatable bonds is 1. The van der Waals surface area contributed by atoms with Gasteiger partial charge in [0.2, 0.25) is 0 Å². The summed E-state index contributed by atoms with van der Waals surface area (Å²) in [6.45, 7) is 4.71. The van der Waals surface area contributed by atoms with Crippen LogP contribution in [0.15, 0.2) is 71.7 Å². The fourth-order valence-electron chi connectivity index (χ4n) is 3.97. The summed E-state index contributed by atoms with van der Waals surface area (Å²) in [6.07, 6.45) is 0. The zero-order chi connectivity index (χ0) is 21.4. The number of fused-ring (bicyclic) bond motifs is 2. The molecule has 3 aromatic rings. The minimum absolute atomic E-state index is 0.0312. The lowest BCUT2D eigenvalue weighted by atomic mass is 10.1. The highest BCUT2D eigenvalue weighted by Crippen LogP contribution is 2.38. The first-order valence-electron chi connectivity index (χ1n) is 10.3. The van der Waals surface area contributed by atoms with Crippen molar-refractivity contribution in [2.24, 2.45) is 4.99 Å². The van der Waals surface area contributed by atoms with E-state index in [1.54, 1.807) is 24.3 Å². The van der Waals surface area contributed by atoms with Crippen molar-refractivity contribution in [3.05, 3.63) is 88.4 Å². The summed E-state index contributed by atoms with van der Waals surface area (Å²) in [7, 11) is 0. The largest absolute Gasteiger partial charge is 0.454 e. The van der Waals surface area contributed by atoms with Gasteiger partial charge >= 0.3 is 0 Å². The molecule has 2 aliphatic rings. The van der Waals surface area contributed by atoms with Crippen LogP contribution in [0.3, 0.4) is 0 Å². The van der Waals surface area contributed by atoms with Crippen molar-refractivity contribution in [3.8, 4) is 11.5 Å². The highest BCUT2D eigenvalue weighted by atomic mass is 35.5. The predicted octanol–water partition coefficient (Wildman–Crippen LogP) is 5.29. The average molecular weight is 432 g/mol. The zero-order valence-electron chi connectivity index (χ0n) is 17.2. The highest BCUT2D eigenvalue weighted by Gasteiger charge is 2.27. The number of piperazine rings is 1. The molecular weight excluding hydrogens is 410 g/mol. The van der Waals surface area contributed by atoms with E-state index >= 15 is 0 Å². The van der Waals surface area contributed by atoms with E-state index in [0.717, 1.165) is 34.1 Å². The molecule has 6 heteroatoms. The molecular formula is C25H22ClN3O2. The third kappa shape index (κ3) is 3.89. The topological polar surface area (TPSA) is 45.1 Å². The molecule has 0 N–H and O–H groups in total. The Morgan fingerprint density at radius 3 is 2.45 bits per heavy atom. The van der Waals surface area contributed by atoms with Crippen molar-refractivity contribution < 1.29 is 9.53 Å². The number of benzene rings is 3. The van der Waals surface area contributed by atoms with Crippen molar-refractivity contribution in [2.75, 3.05) is 26.2 Å². The zero-order valence-corrected chi connectivity index (χ0v) is 18.0. The van der Waals surface area contributed by atoms with E-state index in [0.29, 0.717) is 36.8 Å². The number of carbonyl (C=O) groups is 1. The second kappa shape index (κ2) is 8.08. The van der Waals surface area contributed by atoms with Crippen LogP contribution in [0.1, 0.15) is 21.5 Å². The molecule has 31 heavy (non-hydrogen) atoms. The second-order valence-corrected chi connectivity index (χ2v) is 8.23. The van der Waals surface area contributed by atoms with E-state index in [-0.39, 0.29) is 5.91 Å². The van der Waals surface area contributed by atoms with E-state index in [2.05, 4.69) is 4.90 Å². The molecule has 1 fully saturated rings. The normalized spacial score (nSPS) is 15.4. The van der Waals surface area contributed by atoms with Crippen LogP contribution in [0.2, 0.25) is 5.02 Å². The van der Waals surface area contributed by atoms with Gasteiger partial charge in [-0.2, -0.15) is 0 Å². The Bertz CT molecular complexity index is 1170.